The van der Waals surface area contributed by atoms with Crippen molar-refractivity contribution in [2.75, 3.05) is 90.5 Å². The number of alkyl halides is 1. The zero-order chi connectivity index (χ0) is 53.3. The van der Waals surface area contributed by atoms with Crippen molar-refractivity contribution in [3.63, 3.8) is 0 Å². The van der Waals surface area contributed by atoms with E-state index < -0.39 is 5.97 Å². The maximum absolute atomic E-state index is 11.4. The number of halogens is 1. The van der Waals surface area contributed by atoms with Crippen LogP contribution in [-0.4, -0.2) is 144 Å². The molecule has 14 nitrogen and oxygen atoms in total. The Kier molecular flexibility index (Phi) is 18.1. The number of aromatic hydroxyl groups is 2. The Morgan fingerprint density at radius 1 is 0.645 bits per heavy atom. The van der Waals surface area contributed by atoms with Gasteiger partial charge in [-0.25, -0.2) is 0 Å². The van der Waals surface area contributed by atoms with Crippen molar-refractivity contribution >= 4 is 39.7 Å². The van der Waals surface area contributed by atoms with Crippen LogP contribution in [0.2, 0.25) is 0 Å². The summed E-state index contributed by atoms with van der Waals surface area (Å²) in [5, 5.41) is 31.4. The van der Waals surface area contributed by atoms with Gasteiger partial charge in [-0.1, -0.05) is 64.8 Å². The molecular weight excluding hydrogens is 1030 g/mol. The highest BCUT2D eigenvalue weighted by molar-refractivity contribution is 9.09. The van der Waals surface area contributed by atoms with Crippen molar-refractivity contribution in [2.45, 2.75) is 103 Å². The average molecular weight is 1110 g/mol. The summed E-state index contributed by atoms with van der Waals surface area (Å²) >= 11 is 2.94. The second kappa shape index (κ2) is 24.9. The van der Waals surface area contributed by atoms with Crippen LogP contribution in [-0.2, 0) is 68.8 Å². The van der Waals surface area contributed by atoms with Gasteiger partial charge in [0.2, 0.25) is 0 Å². The summed E-state index contributed by atoms with van der Waals surface area (Å²) in [4.78, 5) is 43.6. The molecule has 13 rings (SSSR count). The Balaban J connectivity index is 0.000000124. The molecule has 0 amide bonds. The molecule has 4 fully saturated rings. The highest BCUT2D eigenvalue weighted by Gasteiger charge is 2.48. The molecule has 76 heavy (non-hydrogen) atoms. The van der Waals surface area contributed by atoms with Crippen molar-refractivity contribution in [1.29, 1.82) is 0 Å². The van der Waals surface area contributed by atoms with E-state index in [1.807, 2.05) is 30.0 Å². The van der Waals surface area contributed by atoms with Gasteiger partial charge in [0.15, 0.2) is 0 Å². The van der Waals surface area contributed by atoms with Crippen LogP contribution in [0.3, 0.4) is 0 Å². The number of nitrogens with one attached hydrogen (secondary N) is 1. The number of fused-ring (bicyclic) bond motifs is 5. The van der Waals surface area contributed by atoms with Gasteiger partial charge in [-0.05, 0) is 165 Å². The number of phenolic OH excluding ortho intramolecular Hbond substituents is 2. The first-order chi connectivity index (χ1) is 36.7. The largest absolute Gasteiger partial charge is 0.508 e. The molecule has 408 valence electrons. The number of carboxylic acids is 1. The lowest BCUT2D eigenvalue weighted by molar-refractivity contribution is -0.148. The van der Waals surface area contributed by atoms with Gasteiger partial charge in [-0.15, -0.1) is 0 Å². The zero-order valence-corrected chi connectivity index (χ0v) is 46.2. The van der Waals surface area contributed by atoms with E-state index in [0.29, 0.717) is 42.0 Å². The lowest BCUT2D eigenvalue weighted by Gasteiger charge is -2.47. The van der Waals surface area contributed by atoms with Crippen molar-refractivity contribution in [2.24, 2.45) is 21.2 Å². The van der Waals surface area contributed by atoms with Crippen LogP contribution >= 0.6 is 15.9 Å². The number of hydrogen-bond donors (Lipinski definition) is 4. The highest BCUT2D eigenvalue weighted by atomic mass is 79.9. The second-order valence-corrected chi connectivity index (χ2v) is 23.3. The summed E-state index contributed by atoms with van der Waals surface area (Å²) in [6.45, 7) is 14.6. The predicted molar refractivity (Wildman–Crippen MR) is 298 cm³/mol. The number of phenols is 2. The van der Waals surface area contributed by atoms with Crippen LogP contribution in [0.5, 0.6) is 17.2 Å². The molecule has 9 aliphatic rings. The minimum Gasteiger partial charge on any atom is -0.508 e. The van der Waals surface area contributed by atoms with E-state index in [9.17, 15) is 24.6 Å². The third-order valence-corrected chi connectivity index (χ3v) is 17.0. The van der Waals surface area contributed by atoms with Gasteiger partial charge < -0.3 is 39.7 Å². The molecule has 4 saturated heterocycles. The Morgan fingerprint density at radius 2 is 1.21 bits per heavy atom. The van der Waals surface area contributed by atoms with Gasteiger partial charge in [0.25, 0.3) is 0 Å². The number of rotatable bonds is 9. The number of aliphatic carboxylic acids is 1. The first-order valence-corrected chi connectivity index (χ1v) is 28.9. The molecule has 4 aromatic carbocycles. The molecule has 4 aromatic rings. The normalized spacial score (nSPS) is 21.1. The molecule has 1 atom stereocenters. The number of carbonyl (C=O) groups is 3. The summed E-state index contributed by atoms with van der Waals surface area (Å²) in [5.41, 5.74) is 11.9. The molecule has 1 unspecified atom stereocenters. The Bertz CT molecular complexity index is 2710. The van der Waals surface area contributed by atoms with E-state index in [1.54, 1.807) is 19.1 Å². The molecule has 0 aromatic heterocycles. The van der Waals surface area contributed by atoms with Gasteiger partial charge in [0, 0.05) is 81.6 Å². The van der Waals surface area contributed by atoms with Crippen molar-refractivity contribution in [1.82, 2.24) is 20.0 Å². The van der Waals surface area contributed by atoms with Gasteiger partial charge in [0.1, 0.15) is 28.7 Å². The number of likely N-dealkylation sites (tertiary alicyclic amines) is 2. The first kappa shape index (κ1) is 55.3. The van der Waals surface area contributed by atoms with Gasteiger partial charge >= 0.3 is 17.9 Å². The lowest BCUT2D eigenvalue weighted by atomic mass is 9.77. The van der Waals surface area contributed by atoms with Crippen molar-refractivity contribution < 1.29 is 43.9 Å². The molecule has 5 heterocycles. The predicted octanol–water partition coefficient (Wildman–Crippen LogP) is 8.28. The van der Waals surface area contributed by atoms with Crippen LogP contribution in [0.15, 0.2) is 83.9 Å². The van der Waals surface area contributed by atoms with Gasteiger partial charge in [-0.2, -0.15) is 0 Å². The number of aliphatic imine (C=N–C) groups is 1. The summed E-state index contributed by atoms with van der Waals surface area (Å²) in [6.07, 6.45) is 15.4. The number of amidine groups is 1. The van der Waals surface area contributed by atoms with Crippen LogP contribution in [0.1, 0.15) is 103 Å². The molecule has 0 radical (unpaired) electrons. The standard InChI is InChI=1S/C22H23NO3.C15H19NO3.C11H13NO.C9H16N2.C4H7BrO2/c24-21(25)12-23-13-22(14-23)10-16-5-7-18(9-17(16)11-22)26-20-8-6-15-3-1-2-4-19(15)20;1-2-19-14(18)8-16-9-15(10-16)6-11-3-4-13(17)5-12(11)7-15;13-10-2-1-8-4-11(6-12-7-11)5-9(8)3-10;1-2-5-9-10-6-4-8-11(9)7-3-1;1-2-7-4(6)3-5/h1-5,7,9,20H,6,8,10-14H2,(H,24,25);3-5,17H,2,6-10H2,1H3;1-3,12-13H,4-7H2;1-8H2;2-3H2,1H3. The van der Waals surface area contributed by atoms with Crippen LogP contribution < -0.4 is 10.1 Å². The minimum atomic E-state index is -0.733. The monoisotopic (exact) mass is 1100 g/mol. The minimum absolute atomic E-state index is 0.134. The maximum atomic E-state index is 11.4. The smallest absolute Gasteiger partial charge is 0.320 e. The highest BCUT2D eigenvalue weighted by Crippen LogP contribution is 2.47. The number of ether oxygens (including phenoxy) is 3. The number of hydrogen-bond acceptors (Lipinski definition) is 13. The second-order valence-electron chi connectivity index (χ2n) is 22.7. The molecule has 5 aliphatic heterocycles. The topological polar surface area (TPSA) is 174 Å². The van der Waals surface area contributed by atoms with E-state index in [0.717, 1.165) is 96.5 Å². The van der Waals surface area contributed by atoms with E-state index in [4.69, 9.17) is 14.6 Å². The Labute approximate surface area is 457 Å². The molecule has 4 aliphatic carbocycles. The summed E-state index contributed by atoms with van der Waals surface area (Å²) in [7, 11) is 0. The molecule has 3 spiro atoms. The van der Waals surface area contributed by atoms with Gasteiger partial charge in [0.05, 0.1) is 32.1 Å². The summed E-state index contributed by atoms with van der Waals surface area (Å²) in [6, 6.07) is 26.5. The van der Waals surface area contributed by atoms with Gasteiger partial charge in [-0.3, -0.25) is 29.2 Å². The molecule has 4 N–H and O–H groups in total. The summed E-state index contributed by atoms with van der Waals surface area (Å²) in [5.74, 6) is 2.04. The van der Waals surface area contributed by atoms with Crippen molar-refractivity contribution in [3.05, 3.63) is 123 Å². The molecule has 0 bridgehead atoms. The fourth-order valence-corrected chi connectivity index (χ4v) is 13.4. The summed E-state index contributed by atoms with van der Waals surface area (Å²) < 4.78 is 15.8. The molecule has 15 heteroatoms. The number of aryl methyl sites for hydroxylation is 1. The molecule has 0 saturated carbocycles. The number of esters is 2. The van der Waals surface area contributed by atoms with Crippen LogP contribution in [0.25, 0.3) is 0 Å². The van der Waals surface area contributed by atoms with E-state index in [-0.39, 0.29) is 35.4 Å². The maximum Gasteiger partial charge on any atom is 0.320 e. The zero-order valence-electron chi connectivity index (χ0n) is 44.6. The van der Waals surface area contributed by atoms with Crippen LogP contribution in [0, 0.1) is 16.2 Å². The lowest BCUT2D eigenvalue weighted by Crippen LogP contribution is -2.58. The average Bonchev–Trinajstić information content (AvgIpc) is 4.14. The molecular formula is C61H78BrN5O9. The number of benzene rings is 4. The van der Waals surface area contributed by atoms with Crippen LogP contribution in [0.4, 0.5) is 0 Å². The fraction of sp³-hybridized carbons (Fsp3) is 0.541. The third-order valence-electron chi connectivity index (χ3n) is 16.5. The first-order valence-electron chi connectivity index (χ1n) is 27.8. The number of carboxylic acid groups (broad SMARTS) is 1. The van der Waals surface area contributed by atoms with E-state index >= 15 is 0 Å². The Morgan fingerprint density at radius 3 is 1.82 bits per heavy atom. The number of carbonyl (C=O) groups excluding carboxylic acids is 2. The third kappa shape index (κ3) is 13.8. The van der Waals surface area contributed by atoms with Crippen molar-refractivity contribution in [3.8, 4) is 17.2 Å². The van der Waals surface area contributed by atoms with E-state index in [1.165, 1.54) is 102 Å². The Hall–Kier alpha value is -5.48. The fourth-order valence-electron chi connectivity index (χ4n) is 13.3. The van der Waals surface area contributed by atoms with E-state index in [2.05, 4.69) is 89.3 Å². The number of nitrogens with zero attached hydrogens (tertiary/aromatic N) is 4. The SMILES string of the molecule is C1CCC2=NCCCN2CC1.CCOC(=O)CBr.CCOC(=O)CN1CC2(Cc3ccc(O)cc3C2)C1.O=C(O)CN1CC2(Cc3ccc(OC4CCc5ccccc54)cc3C2)C1.Oc1ccc2c(c1)CC1(CNC1)C2. The quantitative estimate of drug-likeness (QED) is 0.0933.